The van der Waals surface area contributed by atoms with E-state index in [-0.39, 0.29) is 45.8 Å². The second kappa shape index (κ2) is 8.86. The van der Waals surface area contributed by atoms with Gasteiger partial charge in [0.25, 0.3) is 5.91 Å². The van der Waals surface area contributed by atoms with Crippen molar-refractivity contribution >= 4 is 33.0 Å². The molecule has 2 N–H and O–H groups in total. The van der Waals surface area contributed by atoms with Crippen LogP contribution in [0.1, 0.15) is 35.2 Å². The number of pyridine rings is 1. The third kappa shape index (κ3) is 3.97. The van der Waals surface area contributed by atoms with Gasteiger partial charge in [0.05, 0.1) is 20.8 Å². The molecule has 0 saturated heterocycles. The summed E-state index contributed by atoms with van der Waals surface area (Å²) < 4.78 is 67.2. The first-order valence-corrected chi connectivity index (χ1v) is 13.1. The van der Waals surface area contributed by atoms with Crippen LogP contribution in [0, 0.1) is 29.3 Å². The SMILES string of the molecule is O=C(Nc1cc(F)c(F)c(F)c1)c1ccc(Cl)c(S(=O)(=O)C2CC3CC(C2)C3(O)c2ccncc2)c1. The van der Waals surface area contributed by atoms with E-state index in [2.05, 4.69) is 10.3 Å². The third-order valence-electron chi connectivity index (χ3n) is 7.23. The lowest BCUT2D eigenvalue weighted by molar-refractivity contribution is -0.184. The Kier molecular flexibility index (Phi) is 6.09. The number of aliphatic hydroxyl groups is 1. The van der Waals surface area contributed by atoms with Crippen molar-refractivity contribution in [2.24, 2.45) is 11.8 Å². The van der Waals surface area contributed by atoms with E-state index in [1.54, 1.807) is 24.5 Å². The summed E-state index contributed by atoms with van der Waals surface area (Å²) in [6.07, 6.45) is 4.31. The quantitative estimate of drug-likeness (QED) is 0.454. The average Bonchev–Trinajstić information content (AvgIpc) is 2.87. The van der Waals surface area contributed by atoms with E-state index in [1.807, 2.05) is 0 Å². The Hall–Kier alpha value is -2.95. The molecular weight excluding hydrogens is 517 g/mol. The maximum atomic E-state index is 13.5. The molecule has 6 nitrogen and oxygen atoms in total. The summed E-state index contributed by atoms with van der Waals surface area (Å²) in [5, 5.41) is 12.6. The van der Waals surface area contributed by atoms with Gasteiger partial charge >= 0.3 is 0 Å². The van der Waals surface area contributed by atoms with Crippen molar-refractivity contribution in [2.75, 3.05) is 5.32 Å². The molecule has 0 radical (unpaired) electrons. The molecule has 3 fully saturated rings. The van der Waals surface area contributed by atoms with Gasteiger partial charge in [-0.3, -0.25) is 9.78 Å². The Labute approximate surface area is 210 Å². The summed E-state index contributed by atoms with van der Waals surface area (Å²) >= 11 is 6.22. The Balaban J connectivity index is 1.38. The Morgan fingerprint density at radius 2 is 1.61 bits per heavy atom. The molecule has 3 aliphatic carbocycles. The number of amides is 1. The van der Waals surface area contributed by atoms with Crippen molar-refractivity contribution in [3.63, 3.8) is 0 Å². The summed E-state index contributed by atoms with van der Waals surface area (Å²) in [6.45, 7) is 0. The van der Waals surface area contributed by atoms with Crippen molar-refractivity contribution < 1.29 is 31.5 Å². The summed E-state index contributed by atoms with van der Waals surface area (Å²) in [7, 11) is -3.98. The topological polar surface area (TPSA) is 96.4 Å². The summed E-state index contributed by atoms with van der Waals surface area (Å²) in [4.78, 5) is 16.4. The molecule has 1 heterocycles. The molecule has 11 heteroatoms. The van der Waals surface area contributed by atoms with Crippen LogP contribution < -0.4 is 5.32 Å². The summed E-state index contributed by atoms with van der Waals surface area (Å²) in [6, 6.07) is 8.32. The fraction of sp³-hybridized carbons (Fsp3) is 0.280. The van der Waals surface area contributed by atoms with Gasteiger partial charge in [0.2, 0.25) is 0 Å². The van der Waals surface area contributed by atoms with Crippen LogP contribution in [-0.4, -0.2) is 29.7 Å². The lowest BCUT2D eigenvalue weighted by Gasteiger charge is -2.58. The van der Waals surface area contributed by atoms with Crippen LogP contribution in [0.15, 0.2) is 59.8 Å². The first-order valence-electron chi connectivity index (χ1n) is 11.1. The van der Waals surface area contributed by atoms with E-state index in [4.69, 9.17) is 11.6 Å². The molecule has 3 aromatic rings. The summed E-state index contributed by atoms with van der Waals surface area (Å²) in [5.41, 5.74) is -0.851. The van der Waals surface area contributed by atoms with Gasteiger partial charge in [-0.25, -0.2) is 21.6 Å². The zero-order valence-electron chi connectivity index (χ0n) is 18.6. The molecule has 2 unspecified atom stereocenters. The van der Waals surface area contributed by atoms with Crippen molar-refractivity contribution in [3.05, 3.63) is 88.5 Å². The first-order chi connectivity index (χ1) is 17.0. The molecule has 3 aliphatic rings. The van der Waals surface area contributed by atoms with Crippen molar-refractivity contribution in [1.29, 1.82) is 0 Å². The highest BCUT2D eigenvalue weighted by molar-refractivity contribution is 7.92. The number of sulfone groups is 1. The number of hydrogen-bond acceptors (Lipinski definition) is 5. The number of nitrogens with zero attached hydrogens (tertiary/aromatic N) is 1. The number of halogens is 4. The molecule has 2 aromatic carbocycles. The van der Waals surface area contributed by atoms with E-state index >= 15 is 0 Å². The Morgan fingerprint density at radius 1 is 1.00 bits per heavy atom. The highest BCUT2D eigenvalue weighted by Gasteiger charge is 2.60. The highest BCUT2D eigenvalue weighted by Crippen LogP contribution is 2.60. The second-order valence-corrected chi connectivity index (χ2v) is 11.8. The van der Waals surface area contributed by atoms with Crippen LogP contribution in [-0.2, 0) is 15.4 Å². The molecule has 2 bridgehead atoms. The van der Waals surface area contributed by atoms with E-state index in [9.17, 15) is 31.5 Å². The zero-order valence-corrected chi connectivity index (χ0v) is 20.2. The minimum atomic E-state index is -3.98. The van der Waals surface area contributed by atoms with Gasteiger partial charge in [0.1, 0.15) is 0 Å². The van der Waals surface area contributed by atoms with E-state index in [0.29, 0.717) is 24.1 Å². The van der Waals surface area contributed by atoms with Gasteiger partial charge in [0, 0.05) is 35.8 Å². The molecule has 188 valence electrons. The van der Waals surface area contributed by atoms with Gasteiger partial charge in [-0.2, -0.15) is 0 Å². The largest absolute Gasteiger partial charge is 0.385 e. The minimum Gasteiger partial charge on any atom is -0.385 e. The normalized spacial score (nSPS) is 25.2. The number of hydrogen-bond donors (Lipinski definition) is 2. The number of benzene rings is 2. The average molecular weight is 537 g/mol. The maximum Gasteiger partial charge on any atom is 0.255 e. The molecule has 6 rings (SSSR count). The number of fused-ring (bicyclic) bond motifs is 2. The van der Waals surface area contributed by atoms with Crippen molar-refractivity contribution in [2.45, 2.75) is 35.0 Å². The van der Waals surface area contributed by atoms with Crippen LogP contribution in [0.2, 0.25) is 5.02 Å². The molecule has 0 spiro atoms. The number of aromatic nitrogens is 1. The first kappa shape index (κ1) is 24.7. The standard InChI is InChI=1S/C25H20ClF3N2O4S/c26-19-2-1-13(24(32)31-17-11-20(27)23(29)21(28)12-17)7-22(19)36(34,35)18-9-15-8-16(10-18)25(15,33)14-3-5-30-6-4-14/h1-7,11-12,15-16,18,33H,8-10H2,(H,31,32). The van der Waals surface area contributed by atoms with Gasteiger partial charge < -0.3 is 10.4 Å². The molecular formula is C25H20ClF3N2O4S. The number of rotatable bonds is 5. The Bertz CT molecular complexity index is 1430. The lowest BCUT2D eigenvalue weighted by atomic mass is 9.51. The lowest BCUT2D eigenvalue weighted by Crippen LogP contribution is -2.59. The predicted molar refractivity (Wildman–Crippen MR) is 126 cm³/mol. The maximum absolute atomic E-state index is 13.5. The predicted octanol–water partition coefficient (Wildman–Crippen LogP) is 4.86. The number of carbonyl (C=O) groups is 1. The fourth-order valence-corrected chi connectivity index (χ4v) is 7.78. The minimum absolute atomic E-state index is 0.0749. The van der Waals surface area contributed by atoms with E-state index in [1.165, 1.54) is 12.1 Å². The molecule has 0 aliphatic heterocycles. The number of carbonyl (C=O) groups excluding carboxylic acids is 1. The van der Waals surface area contributed by atoms with Crippen LogP contribution in [0.3, 0.4) is 0 Å². The third-order valence-corrected chi connectivity index (χ3v) is 9.89. The molecule has 36 heavy (non-hydrogen) atoms. The van der Waals surface area contributed by atoms with Gasteiger partial charge in [-0.05, 0) is 67.0 Å². The fourth-order valence-electron chi connectivity index (χ4n) is 5.38. The van der Waals surface area contributed by atoms with E-state index in [0.717, 1.165) is 6.07 Å². The van der Waals surface area contributed by atoms with Gasteiger partial charge in [-0.15, -0.1) is 0 Å². The van der Waals surface area contributed by atoms with Crippen LogP contribution in [0.5, 0.6) is 0 Å². The van der Waals surface area contributed by atoms with Gasteiger partial charge in [-0.1, -0.05) is 11.6 Å². The molecule has 2 atom stereocenters. The van der Waals surface area contributed by atoms with E-state index < -0.39 is 44.0 Å². The Morgan fingerprint density at radius 3 is 2.22 bits per heavy atom. The number of anilines is 1. The number of nitrogens with one attached hydrogen (secondary N) is 1. The molecule has 3 saturated carbocycles. The zero-order chi connectivity index (χ0) is 25.8. The second-order valence-electron chi connectivity index (χ2n) is 9.18. The van der Waals surface area contributed by atoms with Crippen molar-refractivity contribution in [1.82, 2.24) is 4.98 Å². The van der Waals surface area contributed by atoms with Crippen LogP contribution in [0.4, 0.5) is 18.9 Å². The highest BCUT2D eigenvalue weighted by atomic mass is 35.5. The monoisotopic (exact) mass is 536 g/mol. The van der Waals surface area contributed by atoms with Gasteiger partial charge in [0.15, 0.2) is 27.3 Å². The van der Waals surface area contributed by atoms with Crippen LogP contribution >= 0.6 is 11.6 Å². The summed E-state index contributed by atoms with van der Waals surface area (Å²) in [5.74, 6) is -6.00. The van der Waals surface area contributed by atoms with Crippen molar-refractivity contribution in [3.8, 4) is 0 Å². The molecule has 1 amide bonds. The smallest absolute Gasteiger partial charge is 0.255 e. The molecule has 1 aromatic heterocycles. The van der Waals surface area contributed by atoms with Crippen LogP contribution in [0.25, 0.3) is 0 Å².